The first-order valence-corrected chi connectivity index (χ1v) is 7.04. The number of hydrogen-bond acceptors (Lipinski definition) is 4. The molecule has 0 spiro atoms. The van der Waals surface area contributed by atoms with E-state index in [1.54, 1.807) is 35.9 Å². The SMILES string of the molecule is CSc1cccc(Sc2ccncc2)c1C#N. The highest BCUT2D eigenvalue weighted by Gasteiger charge is 2.08. The van der Waals surface area contributed by atoms with E-state index in [0.29, 0.717) is 0 Å². The molecule has 1 heterocycles. The molecule has 0 aliphatic heterocycles. The van der Waals surface area contributed by atoms with Crippen molar-refractivity contribution < 1.29 is 0 Å². The summed E-state index contributed by atoms with van der Waals surface area (Å²) in [7, 11) is 0. The topological polar surface area (TPSA) is 36.7 Å². The Kier molecular flexibility index (Phi) is 4.08. The summed E-state index contributed by atoms with van der Waals surface area (Å²) < 4.78 is 0. The van der Waals surface area contributed by atoms with Gasteiger partial charge >= 0.3 is 0 Å². The van der Waals surface area contributed by atoms with Crippen LogP contribution in [-0.4, -0.2) is 11.2 Å². The van der Waals surface area contributed by atoms with E-state index in [-0.39, 0.29) is 0 Å². The molecule has 0 saturated heterocycles. The van der Waals surface area contributed by atoms with Crippen LogP contribution in [0.4, 0.5) is 0 Å². The highest BCUT2D eigenvalue weighted by molar-refractivity contribution is 8.00. The fraction of sp³-hybridized carbons (Fsp3) is 0.0769. The Morgan fingerprint density at radius 3 is 2.47 bits per heavy atom. The zero-order chi connectivity index (χ0) is 12.1. The summed E-state index contributed by atoms with van der Waals surface area (Å²) in [6, 6.07) is 12.1. The Balaban J connectivity index is 2.37. The molecule has 0 amide bonds. The lowest BCUT2D eigenvalue weighted by molar-refractivity contribution is 1.23. The van der Waals surface area contributed by atoms with Gasteiger partial charge in [0.15, 0.2) is 0 Å². The normalized spacial score (nSPS) is 9.88. The van der Waals surface area contributed by atoms with Crippen LogP contribution in [0, 0.1) is 11.3 Å². The molecule has 1 aromatic heterocycles. The lowest BCUT2D eigenvalue weighted by Gasteiger charge is -2.06. The maximum atomic E-state index is 9.22. The van der Waals surface area contributed by atoms with Crippen LogP contribution in [0.25, 0.3) is 0 Å². The fourth-order valence-corrected chi connectivity index (χ4v) is 2.96. The van der Waals surface area contributed by atoms with Crippen molar-refractivity contribution in [2.24, 2.45) is 0 Å². The van der Waals surface area contributed by atoms with Gasteiger partial charge in [-0.05, 0) is 30.5 Å². The van der Waals surface area contributed by atoms with E-state index in [4.69, 9.17) is 0 Å². The molecule has 2 aromatic rings. The molecule has 4 heteroatoms. The molecule has 0 saturated carbocycles. The van der Waals surface area contributed by atoms with E-state index in [1.807, 2.05) is 36.6 Å². The van der Waals surface area contributed by atoms with Gasteiger partial charge < -0.3 is 0 Å². The second kappa shape index (κ2) is 5.76. The maximum Gasteiger partial charge on any atom is 0.101 e. The Bertz CT molecular complexity index is 547. The lowest BCUT2D eigenvalue weighted by atomic mass is 10.2. The summed E-state index contributed by atoms with van der Waals surface area (Å²) >= 11 is 3.19. The van der Waals surface area contributed by atoms with Crippen molar-refractivity contribution in [1.82, 2.24) is 4.98 Å². The number of nitriles is 1. The summed E-state index contributed by atoms with van der Waals surface area (Å²) in [6.45, 7) is 0. The van der Waals surface area contributed by atoms with Crippen molar-refractivity contribution in [2.75, 3.05) is 6.26 Å². The van der Waals surface area contributed by atoms with Crippen LogP contribution < -0.4 is 0 Å². The molecule has 17 heavy (non-hydrogen) atoms. The predicted octanol–water partition coefficient (Wildman–Crippen LogP) is 3.83. The van der Waals surface area contributed by atoms with E-state index in [9.17, 15) is 5.26 Å². The van der Waals surface area contributed by atoms with Crippen LogP contribution in [0.5, 0.6) is 0 Å². The molecule has 0 bridgehead atoms. The van der Waals surface area contributed by atoms with Gasteiger partial charge in [0.1, 0.15) is 6.07 Å². The molecule has 0 radical (unpaired) electrons. The Hall–Kier alpha value is -1.44. The minimum atomic E-state index is 0.752. The molecule has 1 aromatic carbocycles. The number of thioether (sulfide) groups is 1. The number of benzene rings is 1. The molecule has 0 aliphatic carbocycles. The van der Waals surface area contributed by atoms with Crippen molar-refractivity contribution in [3.05, 3.63) is 48.3 Å². The van der Waals surface area contributed by atoms with Gasteiger partial charge in [0, 0.05) is 27.1 Å². The Morgan fingerprint density at radius 2 is 1.82 bits per heavy atom. The summed E-state index contributed by atoms with van der Waals surface area (Å²) in [6.07, 6.45) is 5.50. The first-order chi connectivity index (χ1) is 8.35. The van der Waals surface area contributed by atoms with E-state index >= 15 is 0 Å². The van der Waals surface area contributed by atoms with Gasteiger partial charge in [0.25, 0.3) is 0 Å². The molecule has 2 nitrogen and oxygen atoms in total. The summed E-state index contributed by atoms with van der Waals surface area (Å²) in [5.41, 5.74) is 0.752. The second-order valence-corrected chi connectivity index (χ2v) is 5.19. The van der Waals surface area contributed by atoms with Crippen LogP contribution in [0.2, 0.25) is 0 Å². The van der Waals surface area contributed by atoms with Crippen LogP contribution in [-0.2, 0) is 0 Å². The molecule has 0 unspecified atom stereocenters. The first kappa shape index (κ1) is 12.0. The van der Waals surface area contributed by atoms with Crippen LogP contribution in [0.1, 0.15) is 5.56 Å². The average molecular weight is 258 g/mol. The van der Waals surface area contributed by atoms with Gasteiger partial charge in [0.2, 0.25) is 0 Å². The van der Waals surface area contributed by atoms with E-state index in [1.165, 1.54) is 0 Å². The zero-order valence-corrected chi connectivity index (χ0v) is 10.9. The van der Waals surface area contributed by atoms with E-state index < -0.39 is 0 Å². The fourth-order valence-electron chi connectivity index (χ4n) is 1.41. The number of rotatable bonds is 3. The number of nitrogens with zero attached hydrogens (tertiary/aromatic N) is 2. The number of pyridine rings is 1. The van der Waals surface area contributed by atoms with Crippen molar-refractivity contribution >= 4 is 23.5 Å². The largest absolute Gasteiger partial charge is 0.265 e. The zero-order valence-electron chi connectivity index (χ0n) is 9.25. The van der Waals surface area contributed by atoms with Crippen LogP contribution >= 0.6 is 23.5 Å². The third-order valence-corrected chi connectivity index (χ3v) is 4.05. The number of hydrogen-bond donors (Lipinski definition) is 0. The number of aromatic nitrogens is 1. The minimum Gasteiger partial charge on any atom is -0.265 e. The second-order valence-electron chi connectivity index (χ2n) is 3.23. The Labute approximate surface area is 109 Å². The maximum absolute atomic E-state index is 9.22. The smallest absolute Gasteiger partial charge is 0.101 e. The van der Waals surface area contributed by atoms with Gasteiger partial charge in [0.05, 0.1) is 5.56 Å². The molecule has 0 N–H and O–H groups in total. The predicted molar refractivity (Wildman–Crippen MR) is 71.3 cm³/mol. The van der Waals surface area contributed by atoms with Gasteiger partial charge in [-0.15, -0.1) is 11.8 Å². The van der Waals surface area contributed by atoms with Gasteiger partial charge in [-0.25, -0.2) is 0 Å². The Morgan fingerprint density at radius 1 is 1.12 bits per heavy atom. The van der Waals surface area contributed by atoms with Crippen LogP contribution in [0.15, 0.2) is 57.4 Å². The highest BCUT2D eigenvalue weighted by Crippen LogP contribution is 2.33. The summed E-state index contributed by atoms with van der Waals surface area (Å²) in [4.78, 5) is 7.08. The van der Waals surface area contributed by atoms with Gasteiger partial charge in [-0.3, -0.25) is 4.98 Å². The molecular weight excluding hydrogens is 248 g/mol. The lowest BCUT2D eigenvalue weighted by Crippen LogP contribution is -1.85. The van der Waals surface area contributed by atoms with Crippen molar-refractivity contribution in [2.45, 2.75) is 14.7 Å². The molecule has 0 fully saturated rings. The highest BCUT2D eigenvalue weighted by atomic mass is 32.2. The third kappa shape index (κ3) is 2.82. The van der Waals surface area contributed by atoms with Crippen molar-refractivity contribution in [1.29, 1.82) is 5.26 Å². The average Bonchev–Trinajstić information content (AvgIpc) is 2.39. The molecule has 0 atom stereocenters. The standard InChI is InChI=1S/C13H10N2S2/c1-16-12-3-2-4-13(11(12)9-14)17-10-5-7-15-8-6-10/h2-8H,1H3. The van der Waals surface area contributed by atoms with E-state index in [2.05, 4.69) is 11.1 Å². The minimum absolute atomic E-state index is 0.752. The van der Waals surface area contributed by atoms with Crippen LogP contribution in [0.3, 0.4) is 0 Å². The summed E-state index contributed by atoms with van der Waals surface area (Å²) in [5, 5.41) is 9.22. The van der Waals surface area contributed by atoms with E-state index in [0.717, 1.165) is 20.2 Å². The summed E-state index contributed by atoms with van der Waals surface area (Å²) in [5.74, 6) is 0. The van der Waals surface area contributed by atoms with Crippen molar-refractivity contribution in [3.63, 3.8) is 0 Å². The molecule has 0 aliphatic rings. The third-order valence-electron chi connectivity index (χ3n) is 2.20. The molecule has 2 rings (SSSR count). The van der Waals surface area contributed by atoms with Gasteiger partial charge in [-0.1, -0.05) is 17.8 Å². The molecule has 84 valence electrons. The van der Waals surface area contributed by atoms with Crippen molar-refractivity contribution in [3.8, 4) is 6.07 Å². The quantitative estimate of drug-likeness (QED) is 0.784. The monoisotopic (exact) mass is 258 g/mol. The van der Waals surface area contributed by atoms with Gasteiger partial charge in [-0.2, -0.15) is 5.26 Å². The molecular formula is C13H10N2S2. The first-order valence-electron chi connectivity index (χ1n) is 5.00.